The fourth-order valence-corrected chi connectivity index (χ4v) is 5.86. The van der Waals surface area contributed by atoms with Crippen LogP contribution in [0.25, 0.3) is 0 Å². The van der Waals surface area contributed by atoms with Crippen molar-refractivity contribution in [1.82, 2.24) is 14.9 Å². The van der Waals surface area contributed by atoms with Crippen LogP contribution in [-0.2, 0) is 10.0 Å². The van der Waals surface area contributed by atoms with Gasteiger partial charge in [0.15, 0.2) is 0 Å². The van der Waals surface area contributed by atoms with E-state index in [0.717, 1.165) is 41.2 Å². The molecule has 1 aromatic heterocycles. The van der Waals surface area contributed by atoms with Crippen molar-refractivity contribution in [3.63, 3.8) is 0 Å². The average Bonchev–Trinajstić information content (AvgIpc) is 3.29. The molecule has 1 atom stereocenters. The van der Waals surface area contributed by atoms with Gasteiger partial charge in [0.25, 0.3) is 15.9 Å². The van der Waals surface area contributed by atoms with Gasteiger partial charge in [-0.25, -0.2) is 13.1 Å². The molecule has 0 aliphatic carbocycles. The van der Waals surface area contributed by atoms with Crippen molar-refractivity contribution in [3.8, 4) is 0 Å². The number of anilines is 2. The Morgan fingerprint density at radius 1 is 1.00 bits per heavy atom. The lowest BCUT2D eigenvalue weighted by Crippen LogP contribution is -2.29. The fraction of sp³-hybridized carbons (Fsp3) is 0.348. The molecule has 2 aromatic carbocycles. The van der Waals surface area contributed by atoms with E-state index < -0.39 is 16.1 Å². The number of benzene rings is 2. The first kappa shape index (κ1) is 23.3. The van der Waals surface area contributed by atoms with Crippen molar-refractivity contribution >= 4 is 38.1 Å². The maximum Gasteiger partial charge on any atom is 0.270 e. The Labute approximate surface area is 198 Å². The van der Waals surface area contributed by atoms with E-state index in [1.807, 2.05) is 43.3 Å². The van der Waals surface area contributed by atoms with Crippen LogP contribution < -0.4 is 14.9 Å². The monoisotopic (exact) mass is 485 g/mol. The number of sulfonamides is 1. The molecule has 1 amide bonds. The van der Waals surface area contributed by atoms with Gasteiger partial charge in [-0.2, -0.15) is 0 Å². The van der Waals surface area contributed by atoms with Crippen molar-refractivity contribution < 1.29 is 13.2 Å². The van der Waals surface area contributed by atoms with Crippen LogP contribution in [0.5, 0.6) is 0 Å². The minimum Gasteiger partial charge on any atom is -0.372 e. The zero-order valence-electron chi connectivity index (χ0n) is 18.6. The molecule has 1 fully saturated rings. The number of piperidine rings is 1. The second kappa shape index (κ2) is 9.98. The molecule has 1 unspecified atom stereocenters. The van der Waals surface area contributed by atoms with Crippen molar-refractivity contribution in [3.05, 3.63) is 65.2 Å². The van der Waals surface area contributed by atoms with Crippen LogP contribution in [0.15, 0.2) is 52.9 Å². The zero-order chi connectivity index (χ0) is 23.4. The smallest absolute Gasteiger partial charge is 0.270 e. The predicted octanol–water partition coefficient (Wildman–Crippen LogP) is 4.13. The summed E-state index contributed by atoms with van der Waals surface area (Å²) in [6.07, 6.45) is 3.68. The number of hydrogen-bond donors (Lipinski definition) is 2. The summed E-state index contributed by atoms with van der Waals surface area (Å²) in [6.45, 7) is 5.83. The number of nitrogens with one attached hydrogen (secondary N) is 2. The van der Waals surface area contributed by atoms with E-state index in [2.05, 4.69) is 25.1 Å². The maximum atomic E-state index is 12.8. The Morgan fingerprint density at radius 3 is 2.33 bits per heavy atom. The average molecular weight is 486 g/mol. The van der Waals surface area contributed by atoms with Crippen molar-refractivity contribution in [1.29, 1.82) is 0 Å². The highest BCUT2D eigenvalue weighted by molar-refractivity contribution is 7.91. The maximum absolute atomic E-state index is 12.8. The number of carbonyl (C=O) groups is 1. The molecule has 1 saturated heterocycles. The SMILES string of the molecule is Cc1ccc(C(=O)Nc2nnc(S(=O)(=O)NC(C)c3ccc(N4CCCCC4)cc3)s2)cc1. The number of rotatable bonds is 7. The summed E-state index contributed by atoms with van der Waals surface area (Å²) in [5.74, 6) is -0.370. The van der Waals surface area contributed by atoms with E-state index in [-0.39, 0.29) is 15.4 Å². The summed E-state index contributed by atoms with van der Waals surface area (Å²) in [7, 11) is -3.89. The Bertz CT molecular complexity index is 1200. The molecule has 33 heavy (non-hydrogen) atoms. The number of amides is 1. The van der Waals surface area contributed by atoms with Gasteiger partial charge >= 0.3 is 0 Å². The van der Waals surface area contributed by atoms with Crippen LogP contribution >= 0.6 is 11.3 Å². The lowest BCUT2D eigenvalue weighted by Gasteiger charge is -2.29. The molecule has 2 heterocycles. The minimum atomic E-state index is -3.89. The molecule has 10 heteroatoms. The van der Waals surface area contributed by atoms with Gasteiger partial charge in [0.2, 0.25) is 9.47 Å². The second-order valence-electron chi connectivity index (χ2n) is 8.18. The molecular formula is C23H27N5O3S2. The minimum absolute atomic E-state index is 0.125. The normalized spacial score (nSPS) is 15.3. The summed E-state index contributed by atoms with van der Waals surface area (Å²) >= 11 is 0.813. The van der Waals surface area contributed by atoms with E-state index in [4.69, 9.17) is 0 Å². The van der Waals surface area contributed by atoms with Crippen molar-refractivity contribution in [2.24, 2.45) is 0 Å². The zero-order valence-corrected chi connectivity index (χ0v) is 20.2. The molecule has 3 aromatic rings. The van der Waals surface area contributed by atoms with Crippen LogP contribution in [-0.4, -0.2) is 37.6 Å². The number of aryl methyl sites for hydroxylation is 1. The highest BCUT2D eigenvalue weighted by Gasteiger charge is 2.24. The second-order valence-corrected chi connectivity index (χ2v) is 11.0. The third kappa shape index (κ3) is 5.76. The third-order valence-corrected chi connectivity index (χ3v) is 8.36. The Hall–Kier alpha value is -2.82. The number of carbonyl (C=O) groups excluding carboxylic acids is 1. The lowest BCUT2D eigenvalue weighted by molar-refractivity contribution is 0.102. The lowest BCUT2D eigenvalue weighted by atomic mass is 10.1. The largest absolute Gasteiger partial charge is 0.372 e. The summed E-state index contributed by atoms with van der Waals surface area (Å²) < 4.78 is 28.1. The van der Waals surface area contributed by atoms with Crippen LogP contribution in [0.3, 0.4) is 0 Å². The summed E-state index contributed by atoms with van der Waals surface area (Å²) in [5, 5.41) is 10.3. The van der Waals surface area contributed by atoms with Gasteiger partial charge in [0.05, 0.1) is 0 Å². The van der Waals surface area contributed by atoms with Crippen molar-refractivity contribution in [2.45, 2.75) is 43.5 Å². The van der Waals surface area contributed by atoms with E-state index in [9.17, 15) is 13.2 Å². The summed E-state index contributed by atoms with van der Waals surface area (Å²) in [6, 6.07) is 14.6. The van der Waals surface area contributed by atoms with Crippen LogP contribution in [0.4, 0.5) is 10.8 Å². The first-order chi connectivity index (χ1) is 15.8. The van der Waals surface area contributed by atoms with E-state index in [1.54, 1.807) is 19.1 Å². The van der Waals surface area contributed by atoms with E-state index >= 15 is 0 Å². The summed E-state index contributed by atoms with van der Waals surface area (Å²) in [5.41, 5.74) is 3.51. The molecule has 0 bridgehead atoms. The molecule has 0 spiro atoms. The molecule has 2 N–H and O–H groups in total. The van der Waals surface area contributed by atoms with Crippen LogP contribution in [0.1, 0.15) is 53.7 Å². The Morgan fingerprint density at radius 2 is 1.67 bits per heavy atom. The van der Waals surface area contributed by atoms with Gasteiger partial charge in [0, 0.05) is 30.4 Å². The number of hydrogen-bond acceptors (Lipinski definition) is 7. The molecule has 0 radical (unpaired) electrons. The first-order valence-corrected chi connectivity index (χ1v) is 13.2. The standard InChI is InChI=1S/C23H27N5O3S2/c1-16-6-8-19(9-7-16)21(29)24-22-25-26-23(32-22)33(30,31)27-17(2)18-10-12-20(13-11-18)28-14-4-3-5-15-28/h6-13,17,27H,3-5,14-15H2,1-2H3,(H,24,25,29). The highest BCUT2D eigenvalue weighted by atomic mass is 32.2. The molecule has 8 nitrogen and oxygen atoms in total. The molecule has 4 rings (SSSR count). The summed E-state index contributed by atoms with van der Waals surface area (Å²) in [4.78, 5) is 14.7. The Kier molecular flexibility index (Phi) is 7.06. The molecule has 174 valence electrons. The van der Waals surface area contributed by atoms with Crippen molar-refractivity contribution in [2.75, 3.05) is 23.3 Å². The number of nitrogens with zero attached hydrogens (tertiary/aromatic N) is 3. The van der Waals surface area contributed by atoms with E-state index in [0.29, 0.717) is 5.56 Å². The van der Waals surface area contributed by atoms with Gasteiger partial charge in [-0.15, -0.1) is 10.2 Å². The van der Waals surface area contributed by atoms with Crippen LogP contribution in [0, 0.1) is 6.92 Å². The van der Waals surface area contributed by atoms with Gasteiger partial charge in [0.1, 0.15) is 0 Å². The molecule has 1 aliphatic heterocycles. The van der Waals surface area contributed by atoms with Gasteiger partial charge in [-0.3, -0.25) is 10.1 Å². The fourth-order valence-electron chi connectivity index (χ4n) is 3.72. The Balaban J connectivity index is 1.39. The van der Waals surface area contributed by atoms with Gasteiger partial charge in [-0.1, -0.05) is 41.2 Å². The molecule has 0 saturated carbocycles. The molecular weight excluding hydrogens is 458 g/mol. The highest BCUT2D eigenvalue weighted by Crippen LogP contribution is 2.25. The first-order valence-electron chi connectivity index (χ1n) is 10.9. The molecule has 1 aliphatic rings. The number of aromatic nitrogens is 2. The van der Waals surface area contributed by atoms with E-state index in [1.165, 1.54) is 19.3 Å². The topological polar surface area (TPSA) is 104 Å². The third-order valence-electron chi connectivity index (χ3n) is 5.62. The van der Waals surface area contributed by atoms with Crippen LogP contribution in [0.2, 0.25) is 0 Å². The van der Waals surface area contributed by atoms with Gasteiger partial charge < -0.3 is 4.90 Å². The van der Waals surface area contributed by atoms with Gasteiger partial charge in [-0.05, 0) is 62.9 Å². The quantitative estimate of drug-likeness (QED) is 0.488. The predicted molar refractivity (Wildman–Crippen MR) is 130 cm³/mol.